The van der Waals surface area contributed by atoms with Gasteiger partial charge in [0, 0.05) is 6.42 Å². The van der Waals surface area contributed by atoms with Crippen molar-refractivity contribution in [3.05, 3.63) is 35.1 Å². The van der Waals surface area contributed by atoms with E-state index in [1.807, 2.05) is 19.9 Å². The van der Waals surface area contributed by atoms with Gasteiger partial charge in [0.15, 0.2) is 0 Å². The van der Waals surface area contributed by atoms with Crippen molar-refractivity contribution >= 4 is 5.97 Å². The molecular formula is C17H26FNO2. The molecule has 0 aromatic heterocycles. The van der Waals surface area contributed by atoms with Crippen molar-refractivity contribution in [1.29, 1.82) is 0 Å². The quantitative estimate of drug-likeness (QED) is 0.531. The van der Waals surface area contributed by atoms with Gasteiger partial charge in [-0.1, -0.05) is 12.5 Å². The summed E-state index contributed by atoms with van der Waals surface area (Å²) in [6, 6.07) is 4.94. The van der Waals surface area contributed by atoms with Crippen molar-refractivity contribution in [2.45, 2.75) is 46.0 Å². The predicted molar refractivity (Wildman–Crippen MR) is 82.8 cm³/mol. The molecule has 0 fully saturated rings. The molecular weight excluding hydrogens is 269 g/mol. The minimum atomic E-state index is -0.175. The number of benzene rings is 1. The highest BCUT2D eigenvalue weighted by Crippen LogP contribution is 2.10. The molecule has 1 aromatic carbocycles. The number of esters is 1. The highest BCUT2D eigenvalue weighted by molar-refractivity contribution is 5.69. The van der Waals surface area contributed by atoms with E-state index in [9.17, 15) is 9.18 Å². The smallest absolute Gasteiger partial charge is 0.305 e. The lowest BCUT2D eigenvalue weighted by Gasteiger charge is -2.07. The van der Waals surface area contributed by atoms with Crippen molar-refractivity contribution in [3.63, 3.8) is 0 Å². The Kier molecular flexibility index (Phi) is 8.67. The van der Waals surface area contributed by atoms with Gasteiger partial charge in [0.05, 0.1) is 6.61 Å². The number of aryl methyl sites for hydroxylation is 1. The molecule has 0 aliphatic rings. The van der Waals surface area contributed by atoms with Crippen LogP contribution in [0.2, 0.25) is 0 Å². The fraction of sp³-hybridized carbons (Fsp3) is 0.588. The van der Waals surface area contributed by atoms with Crippen LogP contribution in [0.1, 0.15) is 43.7 Å². The summed E-state index contributed by atoms with van der Waals surface area (Å²) in [6.07, 6.45) is 4.40. The van der Waals surface area contributed by atoms with E-state index in [0.29, 0.717) is 13.0 Å². The number of unbranched alkanes of at least 4 members (excludes halogenated alkanes) is 2. The number of hydrogen-bond acceptors (Lipinski definition) is 3. The molecule has 3 nitrogen and oxygen atoms in total. The third-order valence-electron chi connectivity index (χ3n) is 3.42. The molecule has 0 heterocycles. The van der Waals surface area contributed by atoms with Gasteiger partial charge in [-0.2, -0.15) is 0 Å². The minimum Gasteiger partial charge on any atom is -0.466 e. The lowest BCUT2D eigenvalue weighted by molar-refractivity contribution is -0.143. The monoisotopic (exact) mass is 295 g/mol. The third-order valence-corrected chi connectivity index (χ3v) is 3.42. The molecule has 0 saturated carbocycles. The second kappa shape index (κ2) is 10.3. The summed E-state index contributed by atoms with van der Waals surface area (Å²) in [4.78, 5) is 11.1. The first kappa shape index (κ1) is 17.6. The van der Waals surface area contributed by atoms with Gasteiger partial charge >= 0.3 is 5.97 Å². The van der Waals surface area contributed by atoms with E-state index in [-0.39, 0.29) is 11.8 Å². The van der Waals surface area contributed by atoms with Gasteiger partial charge in [-0.15, -0.1) is 0 Å². The number of halogens is 1. The zero-order valence-corrected chi connectivity index (χ0v) is 13.1. The van der Waals surface area contributed by atoms with Crippen LogP contribution in [0.4, 0.5) is 4.39 Å². The van der Waals surface area contributed by atoms with Gasteiger partial charge in [-0.05, 0) is 69.5 Å². The maximum atomic E-state index is 13.0. The molecule has 0 aliphatic heterocycles. The Morgan fingerprint density at radius 3 is 2.76 bits per heavy atom. The Hall–Kier alpha value is -1.42. The summed E-state index contributed by atoms with van der Waals surface area (Å²) < 4.78 is 17.8. The van der Waals surface area contributed by atoms with Crippen molar-refractivity contribution in [2.75, 3.05) is 19.7 Å². The zero-order valence-electron chi connectivity index (χ0n) is 13.1. The minimum absolute atomic E-state index is 0.0998. The van der Waals surface area contributed by atoms with Crippen LogP contribution in [-0.2, 0) is 16.0 Å². The number of nitrogens with one attached hydrogen (secondary N) is 1. The molecule has 1 N–H and O–H groups in total. The molecule has 118 valence electrons. The van der Waals surface area contributed by atoms with E-state index < -0.39 is 0 Å². The van der Waals surface area contributed by atoms with Gasteiger partial charge in [-0.3, -0.25) is 4.79 Å². The molecule has 21 heavy (non-hydrogen) atoms. The van der Waals surface area contributed by atoms with Crippen LogP contribution in [0, 0.1) is 12.7 Å². The largest absolute Gasteiger partial charge is 0.466 e. The van der Waals surface area contributed by atoms with Crippen LogP contribution in [0.25, 0.3) is 0 Å². The second-order valence-corrected chi connectivity index (χ2v) is 5.19. The summed E-state index contributed by atoms with van der Waals surface area (Å²) in [5, 5.41) is 3.38. The van der Waals surface area contributed by atoms with Gasteiger partial charge < -0.3 is 10.1 Å². The predicted octanol–water partition coefficient (Wildman–Crippen LogP) is 3.39. The van der Waals surface area contributed by atoms with Crippen molar-refractivity contribution < 1.29 is 13.9 Å². The molecule has 1 rings (SSSR count). The van der Waals surface area contributed by atoms with E-state index in [4.69, 9.17) is 4.74 Å². The lowest BCUT2D eigenvalue weighted by Crippen LogP contribution is -2.19. The Labute approximate surface area is 126 Å². The summed E-state index contributed by atoms with van der Waals surface area (Å²) in [5.74, 6) is -0.275. The van der Waals surface area contributed by atoms with Crippen LogP contribution in [0.3, 0.4) is 0 Å². The highest BCUT2D eigenvalue weighted by Gasteiger charge is 2.01. The summed E-state index contributed by atoms with van der Waals surface area (Å²) in [5.41, 5.74) is 2.19. The first-order valence-electron chi connectivity index (χ1n) is 7.75. The average Bonchev–Trinajstić information content (AvgIpc) is 2.44. The Bertz CT molecular complexity index is 435. The second-order valence-electron chi connectivity index (χ2n) is 5.19. The number of hydrogen-bond donors (Lipinski definition) is 1. The van der Waals surface area contributed by atoms with E-state index in [0.717, 1.165) is 44.3 Å². The molecule has 0 unspecified atom stereocenters. The molecule has 0 bridgehead atoms. The van der Waals surface area contributed by atoms with Crippen molar-refractivity contribution in [1.82, 2.24) is 5.32 Å². The molecule has 0 amide bonds. The van der Waals surface area contributed by atoms with Gasteiger partial charge in [-0.25, -0.2) is 4.39 Å². The number of rotatable bonds is 10. The highest BCUT2D eigenvalue weighted by atomic mass is 19.1. The lowest BCUT2D eigenvalue weighted by atomic mass is 10.1. The molecule has 1 aromatic rings. The fourth-order valence-electron chi connectivity index (χ4n) is 2.22. The Balaban J connectivity index is 2.01. The fourth-order valence-corrected chi connectivity index (χ4v) is 2.22. The number of carbonyl (C=O) groups excluding carboxylic acids is 1. The topological polar surface area (TPSA) is 38.3 Å². The first-order chi connectivity index (χ1) is 10.1. The number of carbonyl (C=O) groups is 1. The molecule has 0 aliphatic carbocycles. The van der Waals surface area contributed by atoms with Gasteiger partial charge in [0.1, 0.15) is 5.82 Å². The van der Waals surface area contributed by atoms with E-state index in [1.54, 1.807) is 6.07 Å². The van der Waals surface area contributed by atoms with Crippen molar-refractivity contribution in [2.24, 2.45) is 0 Å². The summed E-state index contributed by atoms with van der Waals surface area (Å²) >= 11 is 0. The van der Waals surface area contributed by atoms with E-state index >= 15 is 0 Å². The maximum absolute atomic E-state index is 13.0. The van der Waals surface area contributed by atoms with Crippen LogP contribution in [-0.4, -0.2) is 25.7 Å². The third kappa shape index (κ3) is 7.81. The van der Waals surface area contributed by atoms with E-state index in [2.05, 4.69) is 5.32 Å². The average molecular weight is 295 g/mol. The van der Waals surface area contributed by atoms with Crippen LogP contribution in [0.15, 0.2) is 18.2 Å². The molecule has 4 heteroatoms. The number of ether oxygens (including phenoxy) is 1. The molecule has 0 radical (unpaired) electrons. The van der Waals surface area contributed by atoms with Crippen LogP contribution >= 0.6 is 0 Å². The van der Waals surface area contributed by atoms with Gasteiger partial charge in [0.25, 0.3) is 0 Å². The summed E-state index contributed by atoms with van der Waals surface area (Å²) in [6.45, 7) is 6.06. The molecule has 0 atom stereocenters. The van der Waals surface area contributed by atoms with Crippen LogP contribution < -0.4 is 5.32 Å². The van der Waals surface area contributed by atoms with Crippen molar-refractivity contribution in [3.8, 4) is 0 Å². The Morgan fingerprint density at radius 1 is 1.24 bits per heavy atom. The standard InChI is InChI=1S/C17H26FNO2/c1-3-21-17(20)7-5-4-6-11-19-12-10-15-8-9-16(18)13-14(15)2/h8-9,13,19H,3-7,10-12H2,1-2H3. The normalized spacial score (nSPS) is 10.6. The van der Waals surface area contributed by atoms with Gasteiger partial charge in [0.2, 0.25) is 0 Å². The van der Waals surface area contributed by atoms with E-state index in [1.165, 1.54) is 11.6 Å². The molecule has 0 saturated heterocycles. The SMILES string of the molecule is CCOC(=O)CCCCCNCCc1ccc(F)cc1C. The summed E-state index contributed by atoms with van der Waals surface area (Å²) in [7, 11) is 0. The zero-order chi connectivity index (χ0) is 15.5. The molecule has 0 spiro atoms. The van der Waals surface area contributed by atoms with Crippen LogP contribution in [0.5, 0.6) is 0 Å². The Morgan fingerprint density at radius 2 is 2.05 bits per heavy atom. The first-order valence-corrected chi connectivity index (χ1v) is 7.75. The maximum Gasteiger partial charge on any atom is 0.305 e.